The summed E-state index contributed by atoms with van der Waals surface area (Å²) in [6.45, 7) is 1.96. The van der Waals surface area contributed by atoms with Crippen LogP contribution in [0.2, 0.25) is 0 Å². The fraction of sp³-hybridized carbons (Fsp3) is 0.133. The van der Waals surface area contributed by atoms with Gasteiger partial charge in [0.05, 0.1) is 17.0 Å². The summed E-state index contributed by atoms with van der Waals surface area (Å²) in [4.78, 5) is 22.2. The number of amides is 1. The molecule has 0 heterocycles. The van der Waals surface area contributed by atoms with E-state index in [1.54, 1.807) is 12.1 Å². The zero-order valence-electron chi connectivity index (χ0n) is 11.3. The van der Waals surface area contributed by atoms with Gasteiger partial charge in [0.25, 0.3) is 5.69 Å². The van der Waals surface area contributed by atoms with Crippen molar-refractivity contribution in [1.29, 1.82) is 0 Å². The zero-order valence-corrected chi connectivity index (χ0v) is 12.9. The van der Waals surface area contributed by atoms with Gasteiger partial charge in [0.1, 0.15) is 0 Å². The quantitative estimate of drug-likeness (QED) is 0.673. The average molecular weight is 349 g/mol. The number of rotatable bonds is 4. The largest absolute Gasteiger partial charge is 0.325 e. The molecule has 0 saturated heterocycles. The molecule has 0 fully saturated rings. The summed E-state index contributed by atoms with van der Waals surface area (Å²) in [6, 6.07) is 11.7. The predicted octanol–water partition coefficient (Wildman–Crippen LogP) is 3.85. The topological polar surface area (TPSA) is 72.2 Å². The first-order valence-electron chi connectivity index (χ1n) is 6.25. The standard InChI is InChI=1S/C15H13BrN2O3/c1-10-5-6-14(13(16)7-10)17-15(19)9-11-3-2-4-12(8-11)18(20)21/h2-8H,9H2,1H3,(H,17,19). The van der Waals surface area contributed by atoms with E-state index in [-0.39, 0.29) is 18.0 Å². The van der Waals surface area contributed by atoms with E-state index < -0.39 is 4.92 Å². The fourth-order valence-electron chi connectivity index (χ4n) is 1.88. The Hall–Kier alpha value is -2.21. The minimum Gasteiger partial charge on any atom is -0.325 e. The lowest BCUT2D eigenvalue weighted by atomic mass is 10.1. The molecule has 0 bridgehead atoms. The van der Waals surface area contributed by atoms with Crippen LogP contribution in [0.15, 0.2) is 46.9 Å². The Morgan fingerprint density at radius 2 is 2.05 bits per heavy atom. The van der Waals surface area contributed by atoms with Crippen LogP contribution in [-0.2, 0) is 11.2 Å². The van der Waals surface area contributed by atoms with Gasteiger partial charge in [-0.2, -0.15) is 0 Å². The third kappa shape index (κ3) is 4.13. The molecule has 1 amide bonds. The smallest absolute Gasteiger partial charge is 0.269 e. The first-order valence-corrected chi connectivity index (χ1v) is 7.04. The van der Waals surface area contributed by atoms with E-state index in [0.29, 0.717) is 11.3 Å². The summed E-state index contributed by atoms with van der Waals surface area (Å²) in [7, 11) is 0. The molecule has 0 aliphatic heterocycles. The van der Waals surface area contributed by atoms with E-state index in [0.717, 1.165) is 10.0 Å². The molecular weight excluding hydrogens is 336 g/mol. The van der Waals surface area contributed by atoms with E-state index in [2.05, 4.69) is 21.2 Å². The maximum Gasteiger partial charge on any atom is 0.269 e. The number of non-ortho nitro benzene ring substituents is 1. The van der Waals surface area contributed by atoms with E-state index in [9.17, 15) is 14.9 Å². The van der Waals surface area contributed by atoms with E-state index in [1.807, 2.05) is 25.1 Å². The zero-order chi connectivity index (χ0) is 15.4. The molecule has 5 nitrogen and oxygen atoms in total. The summed E-state index contributed by atoms with van der Waals surface area (Å²) in [5.74, 6) is -0.222. The number of halogens is 1. The predicted molar refractivity (Wildman–Crippen MR) is 84.3 cm³/mol. The van der Waals surface area contributed by atoms with Gasteiger partial charge in [0.15, 0.2) is 0 Å². The van der Waals surface area contributed by atoms with Crippen LogP contribution in [0.25, 0.3) is 0 Å². The highest BCUT2D eigenvalue weighted by Crippen LogP contribution is 2.23. The first-order chi connectivity index (χ1) is 9.95. The van der Waals surface area contributed by atoms with Crippen molar-refractivity contribution in [3.63, 3.8) is 0 Å². The summed E-state index contributed by atoms with van der Waals surface area (Å²) in [5, 5.41) is 13.5. The number of anilines is 1. The van der Waals surface area contributed by atoms with Gasteiger partial charge in [0, 0.05) is 16.6 Å². The minimum absolute atomic E-state index is 0.0168. The van der Waals surface area contributed by atoms with Crippen molar-refractivity contribution in [2.75, 3.05) is 5.32 Å². The number of nitro benzene ring substituents is 1. The Kier molecular flexibility index (Phi) is 4.70. The number of benzene rings is 2. The lowest BCUT2D eigenvalue weighted by Gasteiger charge is -2.08. The summed E-state index contributed by atoms with van der Waals surface area (Å²) in [5.41, 5.74) is 2.34. The van der Waals surface area contributed by atoms with Gasteiger partial charge in [-0.25, -0.2) is 0 Å². The van der Waals surface area contributed by atoms with Crippen molar-refractivity contribution in [2.24, 2.45) is 0 Å². The highest BCUT2D eigenvalue weighted by atomic mass is 79.9. The molecule has 0 unspecified atom stereocenters. The second-order valence-electron chi connectivity index (χ2n) is 4.64. The number of nitrogens with one attached hydrogen (secondary N) is 1. The van der Waals surface area contributed by atoms with Gasteiger partial charge in [-0.05, 0) is 46.1 Å². The lowest BCUT2D eigenvalue weighted by Crippen LogP contribution is -2.14. The number of carbonyl (C=O) groups excluding carboxylic acids is 1. The molecule has 21 heavy (non-hydrogen) atoms. The molecule has 2 aromatic carbocycles. The van der Waals surface area contributed by atoms with Gasteiger partial charge in [0.2, 0.25) is 5.91 Å². The third-order valence-electron chi connectivity index (χ3n) is 2.88. The Morgan fingerprint density at radius 1 is 1.29 bits per heavy atom. The van der Waals surface area contributed by atoms with Crippen molar-refractivity contribution < 1.29 is 9.72 Å². The molecule has 108 valence electrons. The molecule has 0 aliphatic rings. The summed E-state index contributed by atoms with van der Waals surface area (Å²) < 4.78 is 0.801. The molecule has 0 saturated carbocycles. The monoisotopic (exact) mass is 348 g/mol. The van der Waals surface area contributed by atoms with Gasteiger partial charge < -0.3 is 5.32 Å². The highest BCUT2D eigenvalue weighted by molar-refractivity contribution is 9.10. The normalized spacial score (nSPS) is 10.2. The minimum atomic E-state index is -0.474. The molecule has 2 rings (SSSR count). The molecule has 0 aliphatic carbocycles. The van der Waals surface area contributed by atoms with Crippen LogP contribution in [0.4, 0.5) is 11.4 Å². The number of nitro groups is 1. The van der Waals surface area contributed by atoms with E-state index in [4.69, 9.17) is 0 Å². The molecule has 1 N–H and O–H groups in total. The molecule has 6 heteroatoms. The lowest BCUT2D eigenvalue weighted by molar-refractivity contribution is -0.384. The van der Waals surface area contributed by atoms with Crippen molar-refractivity contribution in [2.45, 2.75) is 13.3 Å². The number of hydrogen-bond donors (Lipinski definition) is 1. The van der Waals surface area contributed by atoms with Crippen LogP contribution < -0.4 is 5.32 Å². The second kappa shape index (κ2) is 6.49. The fourth-order valence-corrected chi connectivity index (χ4v) is 2.47. The van der Waals surface area contributed by atoms with Gasteiger partial charge >= 0.3 is 0 Å². The van der Waals surface area contributed by atoms with E-state index in [1.165, 1.54) is 12.1 Å². The van der Waals surface area contributed by atoms with Crippen LogP contribution in [0.1, 0.15) is 11.1 Å². The Morgan fingerprint density at radius 3 is 2.71 bits per heavy atom. The summed E-state index contributed by atoms with van der Waals surface area (Å²) in [6.07, 6.45) is 0.0853. The van der Waals surface area contributed by atoms with Crippen LogP contribution in [0, 0.1) is 17.0 Å². The van der Waals surface area contributed by atoms with Crippen molar-refractivity contribution in [3.8, 4) is 0 Å². The maximum absolute atomic E-state index is 12.0. The number of carbonyl (C=O) groups is 1. The molecule has 0 atom stereocenters. The van der Waals surface area contributed by atoms with E-state index >= 15 is 0 Å². The Bertz CT molecular complexity index is 701. The van der Waals surface area contributed by atoms with Crippen molar-refractivity contribution in [1.82, 2.24) is 0 Å². The Labute approximate surface area is 130 Å². The van der Waals surface area contributed by atoms with Crippen LogP contribution in [-0.4, -0.2) is 10.8 Å². The van der Waals surface area contributed by atoms with Gasteiger partial charge in [-0.1, -0.05) is 18.2 Å². The first kappa shape index (κ1) is 15.2. The summed E-state index contributed by atoms with van der Waals surface area (Å²) >= 11 is 3.39. The van der Waals surface area contributed by atoms with Crippen molar-refractivity contribution in [3.05, 3.63) is 68.2 Å². The van der Waals surface area contributed by atoms with Crippen LogP contribution >= 0.6 is 15.9 Å². The number of nitrogens with zero attached hydrogens (tertiary/aromatic N) is 1. The highest BCUT2D eigenvalue weighted by Gasteiger charge is 2.10. The van der Waals surface area contributed by atoms with Gasteiger partial charge in [-0.15, -0.1) is 0 Å². The molecule has 2 aromatic rings. The molecular formula is C15H13BrN2O3. The molecule has 0 radical (unpaired) electrons. The number of hydrogen-bond acceptors (Lipinski definition) is 3. The Balaban J connectivity index is 2.08. The second-order valence-corrected chi connectivity index (χ2v) is 5.49. The SMILES string of the molecule is Cc1ccc(NC(=O)Cc2cccc([N+](=O)[O-])c2)c(Br)c1. The molecule has 0 aromatic heterocycles. The van der Waals surface area contributed by atoms with Gasteiger partial charge in [-0.3, -0.25) is 14.9 Å². The van der Waals surface area contributed by atoms with Crippen LogP contribution in [0.5, 0.6) is 0 Å². The number of aryl methyl sites for hydroxylation is 1. The third-order valence-corrected chi connectivity index (χ3v) is 3.54. The average Bonchev–Trinajstić information content (AvgIpc) is 2.42. The van der Waals surface area contributed by atoms with Crippen LogP contribution in [0.3, 0.4) is 0 Å². The maximum atomic E-state index is 12.0. The van der Waals surface area contributed by atoms with Crippen molar-refractivity contribution >= 4 is 33.2 Å². The molecule has 0 spiro atoms.